The van der Waals surface area contributed by atoms with E-state index in [-0.39, 0.29) is 6.04 Å². The van der Waals surface area contributed by atoms with Crippen LogP contribution in [0.5, 0.6) is 0 Å². The SMILES string of the molecule is O=S1(=O)CCC(N2CCN(Cc3c(-c4ccccc4)nc4sccn34)CC2)C1. The Bertz CT molecular complexity index is 1070. The lowest BCUT2D eigenvalue weighted by atomic mass is 10.1. The quantitative estimate of drug-likeness (QED) is 0.654. The van der Waals surface area contributed by atoms with Crippen LogP contribution in [0.3, 0.4) is 0 Å². The molecule has 3 aromatic rings. The van der Waals surface area contributed by atoms with Gasteiger partial charge in [-0.2, -0.15) is 0 Å². The molecule has 0 bridgehead atoms. The first-order valence-corrected chi connectivity index (χ1v) is 12.5. The summed E-state index contributed by atoms with van der Waals surface area (Å²) in [5, 5.41) is 2.08. The Kier molecular flexibility index (Phi) is 4.74. The Morgan fingerprint density at radius 3 is 2.61 bits per heavy atom. The number of fused-ring (bicyclic) bond motifs is 1. The predicted molar refractivity (Wildman–Crippen MR) is 112 cm³/mol. The lowest BCUT2D eigenvalue weighted by Gasteiger charge is -2.37. The molecule has 2 aliphatic rings. The van der Waals surface area contributed by atoms with Crippen LogP contribution in [0.25, 0.3) is 16.2 Å². The summed E-state index contributed by atoms with van der Waals surface area (Å²) < 4.78 is 25.8. The second kappa shape index (κ2) is 7.26. The van der Waals surface area contributed by atoms with Gasteiger partial charge in [0.1, 0.15) is 0 Å². The summed E-state index contributed by atoms with van der Waals surface area (Å²) in [5.74, 6) is 0.688. The van der Waals surface area contributed by atoms with E-state index in [0.717, 1.165) is 55.4 Å². The number of nitrogens with zero attached hydrogens (tertiary/aromatic N) is 4. The molecule has 0 saturated carbocycles. The molecular weight excluding hydrogens is 392 g/mol. The van der Waals surface area contributed by atoms with E-state index < -0.39 is 9.84 Å². The Morgan fingerprint density at radius 2 is 1.89 bits per heavy atom. The maximum atomic E-state index is 11.8. The number of imidazole rings is 1. The van der Waals surface area contributed by atoms with E-state index in [4.69, 9.17) is 4.98 Å². The van der Waals surface area contributed by atoms with Gasteiger partial charge in [0.15, 0.2) is 14.8 Å². The summed E-state index contributed by atoms with van der Waals surface area (Å²) in [7, 11) is -2.82. The predicted octanol–water partition coefficient (Wildman–Crippen LogP) is 2.37. The first-order valence-electron chi connectivity index (χ1n) is 9.76. The molecule has 6 nitrogen and oxygen atoms in total. The van der Waals surface area contributed by atoms with Crippen LogP contribution in [-0.2, 0) is 16.4 Å². The van der Waals surface area contributed by atoms with E-state index in [1.54, 1.807) is 11.3 Å². The van der Waals surface area contributed by atoms with Crippen LogP contribution >= 0.6 is 11.3 Å². The van der Waals surface area contributed by atoms with Crippen molar-refractivity contribution >= 4 is 26.1 Å². The zero-order valence-electron chi connectivity index (χ0n) is 15.7. The molecule has 2 aliphatic heterocycles. The second-order valence-corrected chi connectivity index (χ2v) is 10.8. The van der Waals surface area contributed by atoms with Gasteiger partial charge in [0.2, 0.25) is 0 Å². The average Bonchev–Trinajstić information content (AvgIpc) is 3.39. The monoisotopic (exact) mass is 416 g/mol. The highest BCUT2D eigenvalue weighted by molar-refractivity contribution is 7.91. The Hall–Kier alpha value is -1.74. The number of piperazine rings is 1. The highest BCUT2D eigenvalue weighted by Gasteiger charge is 2.33. The number of sulfone groups is 1. The highest BCUT2D eigenvalue weighted by Crippen LogP contribution is 2.28. The van der Waals surface area contributed by atoms with E-state index >= 15 is 0 Å². The fourth-order valence-electron chi connectivity index (χ4n) is 4.37. The minimum absolute atomic E-state index is 0.213. The van der Waals surface area contributed by atoms with Crippen molar-refractivity contribution in [2.45, 2.75) is 19.0 Å². The number of hydrogen-bond acceptors (Lipinski definition) is 6. The fourth-order valence-corrected chi connectivity index (χ4v) is 6.87. The number of rotatable bonds is 4. The average molecular weight is 417 g/mol. The van der Waals surface area contributed by atoms with Crippen molar-refractivity contribution in [2.24, 2.45) is 0 Å². The van der Waals surface area contributed by atoms with Gasteiger partial charge < -0.3 is 0 Å². The van der Waals surface area contributed by atoms with Gasteiger partial charge in [-0.3, -0.25) is 14.2 Å². The molecule has 2 saturated heterocycles. The minimum Gasteiger partial charge on any atom is -0.297 e. The Balaban J connectivity index is 1.32. The summed E-state index contributed by atoms with van der Waals surface area (Å²) in [6.07, 6.45) is 2.90. The molecule has 4 heterocycles. The van der Waals surface area contributed by atoms with Crippen molar-refractivity contribution < 1.29 is 8.42 Å². The van der Waals surface area contributed by atoms with Crippen molar-refractivity contribution in [3.05, 3.63) is 47.6 Å². The van der Waals surface area contributed by atoms with Crippen molar-refractivity contribution in [3.63, 3.8) is 0 Å². The van der Waals surface area contributed by atoms with Gasteiger partial charge >= 0.3 is 0 Å². The van der Waals surface area contributed by atoms with Crippen molar-refractivity contribution in [2.75, 3.05) is 37.7 Å². The molecule has 0 radical (unpaired) electrons. The Morgan fingerprint density at radius 1 is 1.11 bits per heavy atom. The molecule has 8 heteroatoms. The molecular formula is C20H24N4O2S2. The van der Waals surface area contributed by atoms with Gasteiger partial charge in [0.25, 0.3) is 0 Å². The minimum atomic E-state index is -2.82. The van der Waals surface area contributed by atoms with Gasteiger partial charge in [-0.05, 0) is 6.42 Å². The number of hydrogen-bond donors (Lipinski definition) is 0. The first-order chi connectivity index (χ1) is 13.6. The van der Waals surface area contributed by atoms with Crippen molar-refractivity contribution in [1.82, 2.24) is 19.2 Å². The molecule has 0 N–H and O–H groups in total. The third-order valence-corrected chi connectivity index (χ3v) is 8.42. The lowest BCUT2D eigenvalue weighted by molar-refractivity contribution is 0.0992. The van der Waals surface area contributed by atoms with Crippen LogP contribution in [0.15, 0.2) is 41.9 Å². The third-order valence-electron chi connectivity index (χ3n) is 5.91. The zero-order chi connectivity index (χ0) is 19.1. The number of thiazole rings is 1. The molecule has 5 rings (SSSR count). The summed E-state index contributed by atoms with van der Waals surface area (Å²) in [4.78, 5) is 10.7. The lowest BCUT2D eigenvalue weighted by Crippen LogP contribution is -2.50. The maximum Gasteiger partial charge on any atom is 0.194 e. The molecule has 148 valence electrons. The van der Waals surface area contributed by atoms with Gasteiger partial charge in [0, 0.05) is 55.9 Å². The van der Waals surface area contributed by atoms with Gasteiger partial charge in [-0.25, -0.2) is 13.4 Å². The van der Waals surface area contributed by atoms with Crippen LogP contribution in [0.4, 0.5) is 0 Å². The normalized spacial score (nSPS) is 23.5. The molecule has 1 unspecified atom stereocenters. The largest absolute Gasteiger partial charge is 0.297 e. The van der Waals surface area contributed by atoms with Crippen molar-refractivity contribution in [1.29, 1.82) is 0 Å². The summed E-state index contributed by atoms with van der Waals surface area (Å²) >= 11 is 1.66. The molecule has 1 atom stereocenters. The van der Waals surface area contributed by atoms with Crippen LogP contribution < -0.4 is 0 Å². The van der Waals surface area contributed by atoms with E-state index in [2.05, 4.69) is 50.0 Å². The van der Waals surface area contributed by atoms with Gasteiger partial charge in [0.05, 0.1) is 22.9 Å². The summed E-state index contributed by atoms with van der Waals surface area (Å²) in [6.45, 7) is 4.65. The summed E-state index contributed by atoms with van der Waals surface area (Å²) in [5.41, 5.74) is 3.46. The van der Waals surface area contributed by atoms with Crippen LogP contribution in [0.1, 0.15) is 12.1 Å². The molecule has 1 aromatic carbocycles. The van der Waals surface area contributed by atoms with E-state index in [9.17, 15) is 8.42 Å². The van der Waals surface area contributed by atoms with Crippen LogP contribution in [-0.4, -0.2) is 71.3 Å². The van der Waals surface area contributed by atoms with E-state index in [1.807, 2.05) is 6.07 Å². The summed E-state index contributed by atoms with van der Waals surface area (Å²) in [6, 6.07) is 10.6. The van der Waals surface area contributed by atoms with Crippen LogP contribution in [0.2, 0.25) is 0 Å². The standard InChI is InChI=1S/C20H24N4O2S2/c25-28(26)13-6-17(15-28)23-9-7-22(8-10-23)14-18-19(16-4-2-1-3-5-16)21-20-24(18)11-12-27-20/h1-5,11-12,17H,6-10,13-15H2. The Labute approximate surface area is 169 Å². The topological polar surface area (TPSA) is 57.9 Å². The molecule has 28 heavy (non-hydrogen) atoms. The van der Waals surface area contributed by atoms with Gasteiger partial charge in [-0.1, -0.05) is 30.3 Å². The highest BCUT2D eigenvalue weighted by atomic mass is 32.2. The van der Waals surface area contributed by atoms with Crippen molar-refractivity contribution in [3.8, 4) is 11.3 Å². The number of benzene rings is 1. The number of aromatic nitrogens is 2. The van der Waals surface area contributed by atoms with E-state index in [1.165, 1.54) is 5.69 Å². The second-order valence-electron chi connectivity index (χ2n) is 7.70. The zero-order valence-corrected chi connectivity index (χ0v) is 17.3. The van der Waals surface area contributed by atoms with Gasteiger partial charge in [-0.15, -0.1) is 11.3 Å². The first kappa shape index (κ1) is 18.3. The third kappa shape index (κ3) is 3.50. The van der Waals surface area contributed by atoms with E-state index in [0.29, 0.717) is 11.5 Å². The smallest absolute Gasteiger partial charge is 0.194 e. The molecule has 0 aliphatic carbocycles. The molecule has 0 spiro atoms. The fraction of sp³-hybridized carbons (Fsp3) is 0.450. The van der Waals surface area contributed by atoms with Crippen LogP contribution in [0, 0.1) is 0 Å². The molecule has 2 fully saturated rings. The molecule has 2 aromatic heterocycles. The maximum absolute atomic E-state index is 11.8. The molecule has 0 amide bonds.